The third-order valence-electron chi connectivity index (χ3n) is 11.2. The van der Waals surface area contributed by atoms with Crippen molar-refractivity contribution in [1.82, 2.24) is 31.9 Å². The van der Waals surface area contributed by atoms with E-state index in [1.165, 1.54) is 6.08 Å². The minimum atomic E-state index is -1.77. The molecule has 0 heterocycles. The normalized spacial score (nSPS) is 14.8. The fourth-order valence-electron chi connectivity index (χ4n) is 7.61. The zero-order valence-corrected chi connectivity index (χ0v) is 41.3. The lowest BCUT2D eigenvalue weighted by atomic mass is 9.83. The first kappa shape index (κ1) is 58.3. The Kier molecular flexibility index (Phi) is 27.2. The van der Waals surface area contributed by atoms with Gasteiger partial charge in [0, 0.05) is 6.54 Å². The summed E-state index contributed by atoms with van der Waals surface area (Å²) in [5.74, 6) is -3.92. The Morgan fingerprint density at radius 2 is 1.30 bits per heavy atom. The maximum absolute atomic E-state index is 14.5. The summed E-state index contributed by atoms with van der Waals surface area (Å²) in [6.07, 6.45) is 4.46. The minimum Gasteiger partial charge on any atom is -0.460 e. The molecule has 19 nitrogen and oxygen atoms in total. The number of rotatable bonds is 31. The van der Waals surface area contributed by atoms with Crippen LogP contribution in [0.2, 0.25) is 0 Å². The van der Waals surface area contributed by atoms with Crippen LogP contribution in [0.5, 0.6) is 0 Å². The van der Waals surface area contributed by atoms with Gasteiger partial charge in [0.15, 0.2) is 6.10 Å². The molecular weight excluding hydrogens is 905 g/mol. The van der Waals surface area contributed by atoms with Crippen molar-refractivity contribution in [1.29, 1.82) is 0 Å². The van der Waals surface area contributed by atoms with Gasteiger partial charge in [0.1, 0.15) is 50.1 Å². The van der Waals surface area contributed by atoms with E-state index in [1.807, 2.05) is 60.7 Å². The molecule has 70 heavy (non-hydrogen) atoms. The van der Waals surface area contributed by atoms with E-state index < -0.39 is 84.2 Å². The lowest BCUT2D eigenvalue weighted by Gasteiger charge is -2.33. The van der Waals surface area contributed by atoms with Crippen LogP contribution in [0.1, 0.15) is 122 Å². The van der Waals surface area contributed by atoms with Gasteiger partial charge >= 0.3 is 18.2 Å². The topological polar surface area (TPSA) is 258 Å². The lowest BCUT2D eigenvalue weighted by molar-refractivity contribution is -0.304. The smallest absolute Gasteiger partial charge is 0.408 e. The number of alkyl carbamates (subject to hydrolysis) is 2. The highest BCUT2D eigenvalue weighted by Gasteiger charge is 2.37. The Morgan fingerprint density at radius 3 is 1.93 bits per heavy atom. The number of benzene rings is 2. The summed E-state index contributed by atoms with van der Waals surface area (Å²) in [7, 11) is 0. The maximum Gasteiger partial charge on any atom is 0.408 e. The van der Waals surface area contributed by atoms with E-state index in [-0.39, 0.29) is 58.2 Å². The summed E-state index contributed by atoms with van der Waals surface area (Å²) in [6, 6.07) is 14.2. The van der Waals surface area contributed by atoms with Crippen LogP contribution in [-0.4, -0.2) is 109 Å². The van der Waals surface area contributed by atoms with Crippen LogP contribution >= 0.6 is 0 Å². The summed E-state index contributed by atoms with van der Waals surface area (Å²) < 4.78 is 15.7. The van der Waals surface area contributed by atoms with E-state index in [2.05, 4.69) is 38.5 Å². The van der Waals surface area contributed by atoms with Crippen molar-refractivity contribution in [2.75, 3.05) is 26.3 Å². The summed E-state index contributed by atoms with van der Waals surface area (Å²) in [5.41, 5.74) is 0.907. The van der Waals surface area contributed by atoms with Crippen LogP contribution in [0.15, 0.2) is 73.3 Å². The van der Waals surface area contributed by atoms with Crippen LogP contribution in [0, 0.1) is 5.92 Å². The van der Waals surface area contributed by atoms with Crippen molar-refractivity contribution in [2.45, 2.75) is 160 Å². The molecule has 3 rings (SSSR count). The zero-order valence-electron chi connectivity index (χ0n) is 41.3. The van der Waals surface area contributed by atoms with Crippen LogP contribution in [-0.2, 0) is 61.2 Å². The van der Waals surface area contributed by atoms with Gasteiger partial charge in [-0.05, 0) is 95.6 Å². The molecular formula is C51H76N6O13. The van der Waals surface area contributed by atoms with E-state index in [1.54, 1.807) is 27.7 Å². The van der Waals surface area contributed by atoms with Crippen molar-refractivity contribution in [3.63, 3.8) is 0 Å². The Balaban J connectivity index is 1.77. The number of carbonyl (C=O) groups is 7. The second-order valence-corrected chi connectivity index (χ2v) is 18.2. The van der Waals surface area contributed by atoms with Gasteiger partial charge in [0.05, 0.1) is 12.6 Å². The molecule has 1 aliphatic carbocycles. The summed E-state index contributed by atoms with van der Waals surface area (Å²) >= 11 is 0. The maximum atomic E-state index is 14.5. The average molecular weight is 981 g/mol. The van der Waals surface area contributed by atoms with Gasteiger partial charge in [-0.25, -0.2) is 19.4 Å². The van der Waals surface area contributed by atoms with Gasteiger partial charge < -0.3 is 51.2 Å². The third-order valence-corrected chi connectivity index (χ3v) is 11.2. The minimum absolute atomic E-state index is 0.0651. The van der Waals surface area contributed by atoms with Crippen LogP contribution < -0.4 is 31.9 Å². The Labute approximate surface area is 412 Å². The van der Waals surface area contributed by atoms with Gasteiger partial charge in [-0.3, -0.25) is 24.0 Å². The fourth-order valence-corrected chi connectivity index (χ4v) is 7.61. The van der Waals surface area contributed by atoms with E-state index in [0.717, 1.165) is 30.4 Å². The number of hydrogen-bond donors (Lipinski definition) is 7. The van der Waals surface area contributed by atoms with Crippen molar-refractivity contribution in [3.8, 4) is 0 Å². The van der Waals surface area contributed by atoms with Crippen molar-refractivity contribution < 1.29 is 62.7 Å². The van der Waals surface area contributed by atoms with Gasteiger partial charge in [0.2, 0.25) is 17.7 Å². The van der Waals surface area contributed by atoms with Gasteiger partial charge in [0.25, 0.3) is 5.91 Å². The van der Waals surface area contributed by atoms with E-state index in [0.29, 0.717) is 44.9 Å². The fraction of sp³-hybridized carbons (Fsp3) is 0.588. The molecule has 5 atom stereocenters. The number of ether oxygens (including phenoxy) is 3. The zero-order chi connectivity index (χ0) is 51.2. The summed E-state index contributed by atoms with van der Waals surface area (Å²) in [4.78, 5) is 104. The largest absolute Gasteiger partial charge is 0.460 e. The highest BCUT2D eigenvalue weighted by Crippen LogP contribution is 2.27. The molecule has 0 aliphatic heterocycles. The standard InChI is InChI=1S/C51H76N6O13/c1-6-21-39(44(59)48(63)53-33-42(58)66-31-7-2)54-45(60)40(28-17-19-30-52-49(64)67-34-36-22-11-8-12-23-36)55-47(62)43(38-26-15-10-16-27-38)57-46(61)41(56-50(65)70-51(3,4)5)29-18-20-32-68-69-35-37-24-13-9-14-25-37/h7-9,11-14,22-25,38-41,43-44,59H,2,6,10,15-21,26-35H2,1,3-5H3,(H,52,64)(H,53,63)(H,54,60)(H,55,62)(H,56,65)(H,57,61). The molecule has 2 aromatic rings. The summed E-state index contributed by atoms with van der Waals surface area (Å²) in [5, 5.41) is 27.3. The molecule has 0 aromatic heterocycles. The van der Waals surface area contributed by atoms with Crippen molar-refractivity contribution in [3.05, 3.63) is 84.4 Å². The predicted molar refractivity (Wildman–Crippen MR) is 260 cm³/mol. The number of carbonyl (C=O) groups excluding carboxylic acids is 7. The monoisotopic (exact) mass is 981 g/mol. The molecule has 5 unspecified atom stereocenters. The van der Waals surface area contributed by atoms with Crippen molar-refractivity contribution >= 4 is 41.8 Å². The molecule has 0 spiro atoms. The molecule has 388 valence electrons. The second kappa shape index (κ2) is 32.7. The number of esters is 1. The highest BCUT2D eigenvalue weighted by molar-refractivity contribution is 5.94. The van der Waals surface area contributed by atoms with Crippen LogP contribution in [0.3, 0.4) is 0 Å². The first-order valence-corrected chi connectivity index (χ1v) is 24.5. The molecule has 1 saturated carbocycles. The molecule has 1 fully saturated rings. The Hall–Kier alpha value is -6.05. The summed E-state index contributed by atoms with van der Waals surface area (Å²) in [6.45, 7) is 10.5. The molecule has 0 bridgehead atoms. The first-order chi connectivity index (χ1) is 33.6. The molecule has 7 N–H and O–H groups in total. The van der Waals surface area contributed by atoms with Crippen LogP contribution in [0.25, 0.3) is 0 Å². The number of hydrogen-bond acceptors (Lipinski definition) is 13. The first-order valence-electron chi connectivity index (χ1n) is 24.5. The third kappa shape index (κ3) is 24.0. The Bertz CT molecular complexity index is 1910. The molecule has 6 amide bonds. The molecule has 0 radical (unpaired) electrons. The predicted octanol–water partition coefficient (Wildman–Crippen LogP) is 5.34. The van der Waals surface area contributed by atoms with Gasteiger partial charge in [-0.2, -0.15) is 0 Å². The Morgan fingerprint density at radius 1 is 0.686 bits per heavy atom. The lowest BCUT2D eigenvalue weighted by Crippen LogP contribution is -2.60. The van der Waals surface area contributed by atoms with E-state index in [9.17, 15) is 38.7 Å². The highest BCUT2D eigenvalue weighted by atomic mass is 17.2. The van der Waals surface area contributed by atoms with Crippen LogP contribution in [0.4, 0.5) is 9.59 Å². The number of unbranched alkanes of at least 4 members (excludes halogenated alkanes) is 2. The number of amides is 6. The quantitative estimate of drug-likeness (QED) is 0.0126. The number of nitrogens with one attached hydrogen (secondary N) is 6. The number of aliphatic hydroxyl groups is 1. The van der Waals surface area contributed by atoms with E-state index >= 15 is 0 Å². The molecule has 2 aromatic carbocycles. The average Bonchev–Trinajstić information content (AvgIpc) is 3.34. The van der Waals surface area contributed by atoms with Gasteiger partial charge in [-0.15, -0.1) is 0 Å². The number of aliphatic hydroxyl groups excluding tert-OH is 1. The van der Waals surface area contributed by atoms with Crippen molar-refractivity contribution in [2.24, 2.45) is 5.92 Å². The van der Waals surface area contributed by atoms with E-state index in [4.69, 9.17) is 24.0 Å². The molecule has 19 heteroatoms. The second-order valence-electron chi connectivity index (χ2n) is 18.2. The molecule has 0 saturated heterocycles. The van der Waals surface area contributed by atoms with Gasteiger partial charge in [-0.1, -0.05) is 106 Å². The SMILES string of the molecule is C=CCOC(=O)CNC(=O)C(O)C(CCC)NC(=O)C(CCCCNC(=O)OCc1ccccc1)NC(=O)C(NC(=O)C(CCCCOOCc1ccccc1)NC(=O)OC(C)(C)C)C1CCCCC1. The molecule has 1 aliphatic rings.